The molecule has 2 aromatic rings. The van der Waals surface area contributed by atoms with Crippen LogP contribution in [-0.4, -0.2) is 49.8 Å². The van der Waals surface area contributed by atoms with Gasteiger partial charge in [-0.15, -0.1) is 0 Å². The largest absolute Gasteiger partial charge is 0.496 e. The minimum absolute atomic E-state index is 0.121. The van der Waals surface area contributed by atoms with E-state index in [1.54, 1.807) is 12.1 Å². The summed E-state index contributed by atoms with van der Waals surface area (Å²) in [5, 5.41) is 0.664. The number of amides is 1. The predicted molar refractivity (Wildman–Crippen MR) is 86.3 cm³/mol. The van der Waals surface area contributed by atoms with Gasteiger partial charge in [0.1, 0.15) is 11.6 Å². The number of H-pyrrole nitrogens is 1. The summed E-state index contributed by atoms with van der Waals surface area (Å²) in [5.41, 5.74) is 0.911. The van der Waals surface area contributed by atoms with Crippen molar-refractivity contribution in [2.45, 2.75) is 11.3 Å². The molecule has 126 valence electrons. The van der Waals surface area contributed by atoms with Gasteiger partial charge in [-0.1, -0.05) is 0 Å². The van der Waals surface area contributed by atoms with Gasteiger partial charge < -0.3 is 9.72 Å². The molecule has 1 aromatic heterocycles. The predicted octanol–water partition coefficient (Wildman–Crippen LogP) is -0.334. The van der Waals surface area contributed by atoms with Crippen molar-refractivity contribution in [2.75, 3.05) is 21.2 Å². The first kappa shape index (κ1) is 16.3. The molecule has 3 rings (SSSR count). The summed E-state index contributed by atoms with van der Waals surface area (Å²) >= 11 is 0. The lowest BCUT2D eigenvalue weighted by Gasteiger charge is -2.13. The maximum atomic E-state index is 12.2. The molecule has 8 nitrogen and oxygen atoms in total. The Morgan fingerprint density at radius 3 is 2.71 bits per heavy atom. The smallest absolute Gasteiger partial charge is 0.251 e. The summed E-state index contributed by atoms with van der Waals surface area (Å²) in [6, 6.07) is 4.54. The van der Waals surface area contributed by atoms with Gasteiger partial charge in [-0.25, -0.2) is 17.7 Å². The quantitative estimate of drug-likeness (QED) is 0.814. The lowest BCUT2D eigenvalue weighted by Crippen LogP contribution is -2.29. The minimum atomic E-state index is -3.56. The first-order valence-electron chi connectivity index (χ1n) is 7.11. The van der Waals surface area contributed by atoms with Crippen molar-refractivity contribution in [1.29, 1.82) is 0 Å². The molecule has 1 amide bonds. The van der Waals surface area contributed by atoms with Crippen molar-refractivity contribution in [2.24, 2.45) is 4.99 Å². The lowest BCUT2D eigenvalue weighted by molar-refractivity contribution is -0.117. The second-order valence-corrected chi connectivity index (χ2v) is 7.54. The third kappa shape index (κ3) is 2.72. The van der Waals surface area contributed by atoms with E-state index in [9.17, 15) is 13.2 Å². The van der Waals surface area contributed by atoms with Gasteiger partial charge in [0.15, 0.2) is 5.49 Å². The van der Waals surface area contributed by atoms with E-state index in [0.29, 0.717) is 28.0 Å². The molecule has 1 aliphatic rings. The van der Waals surface area contributed by atoms with Crippen molar-refractivity contribution in [3.05, 3.63) is 29.0 Å². The molecule has 0 fully saturated rings. The number of aromatic amines is 1. The molecule has 9 heteroatoms. The first-order valence-corrected chi connectivity index (χ1v) is 8.55. The fraction of sp³-hybridized carbons (Fsp3) is 0.267. The van der Waals surface area contributed by atoms with E-state index in [1.165, 1.54) is 33.3 Å². The van der Waals surface area contributed by atoms with Crippen molar-refractivity contribution in [3.8, 4) is 17.1 Å². The number of hydrogen-bond donors (Lipinski definition) is 1. The number of carbonyl (C=O) groups is 1. The van der Waals surface area contributed by atoms with E-state index in [-0.39, 0.29) is 17.2 Å². The van der Waals surface area contributed by atoms with Crippen LogP contribution in [0.3, 0.4) is 0 Å². The monoisotopic (exact) mass is 348 g/mol. The standard InChI is InChI=1S/C15H16N4O4S/c1-19(2)24(21,22)9-4-5-10(12(8-9)23-3)14-16-11-6-7-13(20)17-15(11)18-14/h4-6,8H,7H2,1-3H3,(H,16,17,18,20). The molecule has 1 aliphatic heterocycles. The molecule has 0 atom stereocenters. The van der Waals surface area contributed by atoms with Crippen LogP contribution in [0, 0.1) is 0 Å². The second-order valence-electron chi connectivity index (χ2n) is 5.39. The molecule has 1 aromatic carbocycles. The zero-order chi connectivity index (χ0) is 17.5. The Kier molecular flexibility index (Phi) is 3.98. The van der Waals surface area contributed by atoms with Crippen LogP contribution in [0.4, 0.5) is 0 Å². The number of methoxy groups -OCH3 is 1. The van der Waals surface area contributed by atoms with Crippen molar-refractivity contribution in [1.82, 2.24) is 14.3 Å². The summed E-state index contributed by atoms with van der Waals surface area (Å²) in [5.74, 6) is 0.565. The number of benzene rings is 1. The van der Waals surface area contributed by atoms with Crippen LogP contribution in [0.15, 0.2) is 28.1 Å². The van der Waals surface area contributed by atoms with Crippen molar-refractivity contribution >= 4 is 22.0 Å². The Hall–Kier alpha value is -2.52. The zero-order valence-electron chi connectivity index (χ0n) is 13.4. The highest BCUT2D eigenvalue weighted by Crippen LogP contribution is 2.30. The fourth-order valence-corrected chi connectivity index (χ4v) is 3.24. The Morgan fingerprint density at radius 1 is 1.29 bits per heavy atom. The summed E-state index contributed by atoms with van der Waals surface area (Å²) in [4.78, 5) is 22.7. The highest BCUT2D eigenvalue weighted by molar-refractivity contribution is 7.89. The molecule has 24 heavy (non-hydrogen) atoms. The Balaban J connectivity index is 2.14. The number of nitrogens with one attached hydrogen (secondary N) is 1. The minimum Gasteiger partial charge on any atom is -0.496 e. The molecule has 0 aliphatic carbocycles. The topological polar surface area (TPSA) is 105 Å². The van der Waals surface area contributed by atoms with Gasteiger partial charge >= 0.3 is 0 Å². The molecular formula is C15H16N4O4S. The molecule has 0 spiro atoms. The zero-order valence-corrected chi connectivity index (χ0v) is 14.2. The fourth-order valence-electron chi connectivity index (χ4n) is 2.32. The maximum Gasteiger partial charge on any atom is 0.251 e. The van der Waals surface area contributed by atoms with Gasteiger partial charge in [0.2, 0.25) is 10.0 Å². The number of imidazole rings is 1. The number of fused-ring (bicyclic) bond motifs is 1. The van der Waals surface area contributed by atoms with E-state index < -0.39 is 10.0 Å². The van der Waals surface area contributed by atoms with Gasteiger partial charge in [0.05, 0.1) is 22.9 Å². The number of carbonyl (C=O) groups excluding carboxylic acids is 1. The van der Waals surface area contributed by atoms with Crippen LogP contribution in [0.25, 0.3) is 17.5 Å². The molecule has 0 unspecified atom stereocenters. The van der Waals surface area contributed by atoms with Crippen LogP contribution in [0.5, 0.6) is 5.75 Å². The van der Waals surface area contributed by atoms with Crippen LogP contribution in [0.2, 0.25) is 0 Å². The van der Waals surface area contributed by atoms with Gasteiger partial charge in [0, 0.05) is 26.6 Å². The molecule has 0 bridgehead atoms. The summed E-state index contributed by atoms with van der Waals surface area (Å²) < 4.78 is 30.9. The molecule has 2 heterocycles. The molecule has 0 saturated heterocycles. The van der Waals surface area contributed by atoms with Crippen LogP contribution in [0.1, 0.15) is 6.42 Å². The number of nitrogens with zero attached hydrogens (tertiary/aromatic N) is 3. The third-order valence-electron chi connectivity index (χ3n) is 3.63. The van der Waals surface area contributed by atoms with Gasteiger partial charge in [-0.3, -0.25) is 4.79 Å². The normalized spacial score (nSPS) is 14.1. The van der Waals surface area contributed by atoms with E-state index in [0.717, 1.165) is 4.31 Å². The van der Waals surface area contributed by atoms with Crippen molar-refractivity contribution < 1.29 is 17.9 Å². The summed E-state index contributed by atoms with van der Waals surface area (Å²) in [7, 11) is 0.813. The summed E-state index contributed by atoms with van der Waals surface area (Å²) in [6.45, 7) is 0. The third-order valence-corrected chi connectivity index (χ3v) is 5.44. The molecule has 0 radical (unpaired) electrons. The van der Waals surface area contributed by atoms with Crippen LogP contribution < -0.4 is 15.6 Å². The first-order chi connectivity index (χ1) is 11.3. The second kappa shape index (κ2) is 5.84. The van der Waals surface area contributed by atoms with E-state index in [1.807, 2.05) is 0 Å². The number of aromatic nitrogens is 2. The number of sulfonamides is 1. The number of rotatable bonds is 4. The van der Waals surface area contributed by atoms with Gasteiger partial charge in [-0.2, -0.15) is 4.99 Å². The Bertz CT molecular complexity index is 1040. The molecule has 1 N–H and O–H groups in total. The highest BCUT2D eigenvalue weighted by Gasteiger charge is 2.20. The summed E-state index contributed by atoms with van der Waals surface area (Å²) in [6.07, 6.45) is 1.95. The van der Waals surface area contributed by atoms with E-state index in [4.69, 9.17) is 4.74 Å². The average molecular weight is 348 g/mol. The van der Waals surface area contributed by atoms with Crippen LogP contribution in [-0.2, 0) is 14.8 Å². The Morgan fingerprint density at radius 2 is 2.04 bits per heavy atom. The number of ether oxygens (including phenoxy) is 1. The Labute approximate surface area is 138 Å². The molecular weight excluding hydrogens is 332 g/mol. The van der Waals surface area contributed by atoms with Gasteiger partial charge in [0.25, 0.3) is 5.91 Å². The van der Waals surface area contributed by atoms with E-state index >= 15 is 0 Å². The maximum absolute atomic E-state index is 12.2. The lowest BCUT2D eigenvalue weighted by atomic mass is 10.2. The molecule has 0 saturated carbocycles. The van der Waals surface area contributed by atoms with Crippen molar-refractivity contribution in [3.63, 3.8) is 0 Å². The van der Waals surface area contributed by atoms with Crippen LogP contribution >= 0.6 is 0 Å². The van der Waals surface area contributed by atoms with E-state index in [2.05, 4.69) is 15.0 Å². The average Bonchev–Trinajstić information content (AvgIpc) is 2.96. The highest BCUT2D eigenvalue weighted by atomic mass is 32.2. The SMILES string of the molecule is COc1cc(S(=O)(=O)N(C)C)ccc1-c1nc2c([nH]1)=CCC(=O)N=2. The number of hydrogen-bond acceptors (Lipinski definition) is 5. The van der Waals surface area contributed by atoms with Gasteiger partial charge in [-0.05, 0) is 18.2 Å².